The van der Waals surface area contributed by atoms with Crippen molar-refractivity contribution in [1.29, 1.82) is 0 Å². The van der Waals surface area contributed by atoms with Crippen LogP contribution in [0.4, 0.5) is 0 Å². The molecule has 6 nitrogen and oxygen atoms in total. The van der Waals surface area contributed by atoms with E-state index in [-0.39, 0.29) is 29.1 Å². The first-order chi connectivity index (χ1) is 15.8. The highest BCUT2D eigenvalue weighted by Crippen LogP contribution is 2.54. The molecular formula is C27H37N3O3. The zero-order valence-electron chi connectivity index (χ0n) is 20.4. The Hall–Kier alpha value is -2.76. The van der Waals surface area contributed by atoms with Crippen LogP contribution in [-0.4, -0.2) is 32.7 Å². The quantitative estimate of drug-likeness (QED) is 0.418. The number of amides is 1. The molecule has 33 heavy (non-hydrogen) atoms. The third-order valence-corrected chi connectivity index (χ3v) is 7.22. The number of unbranched alkanes of at least 4 members (excludes halogenated alkanes) is 2. The number of allylic oxidation sites excluding steroid dienone is 2. The highest BCUT2D eigenvalue weighted by atomic mass is 16.5. The number of aromatic nitrogens is 2. The molecule has 0 spiro atoms. The molecule has 1 amide bonds. The molecule has 0 fully saturated rings. The number of imidazole rings is 1. The maximum absolute atomic E-state index is 13.3. The Morgan fingerprint density at radius 3 is 2.91 bits per heavy atom. The van der Waals surface area contributed by atoms with Crippen molar-refractivity contribution in [3.05, 3.63) is 53.1 Å². The van der Waals surface area contributed by atoms with Crippen LogP contribution in [0.3, 0.4) is 0 Å². The van der Waals surface area contributed by atoms with E-state index >= 15 is 0 Å². The number of ether oxygens (including phenoxy) is 1. The van der Waals surface area contributed by atoms with E-state index in [0.717, 1.165) is 55.4 Å². The lowest BCUT2D eigenvalue weighted by molar-refractivity contribution is 0.0107. The van der Waals surface area contributed by atoms with Crippen molar-refractivity contribution in [1.82, 2.24) is 14.9 Å². The maximum atomic E-state index is 13.3. The van der Waals surface area contributed by atoms with E-state index in [2.05, 4.69) is 44.1 Å². The molecule has 6 heteroatoms. The van der Waals surface area contributed by atoms with E-state index < -0.39 is 0 Å². The Bertz CT molecular complexity index is 1020. The van der Waals surface area contributed by atoms with Crippen LogP contribution in [0.25, 0.3) is 0 Å². The summed E-state index contributed by atoms with van der Waals surface area (Å²) in [5.41, 5.74) is 3.06. The van der Waals surface area contributed by atoms with Crippen molar-refractivity contribution >= 4 is 5.91 Å². The van der Waals surface area contributed by atoms with Gasteiger partial charge in [-0.3, -0.25) is 4.79 Å². The fourth-order valence-electron chi connectivity index (χ4n) is 5.43. The summed E-state index contributed by atoms with van der Waals surface area (Å²) in [5, 5.41) is 14.5. The van der Waals surface area contributed by atoms with Gasteiger partial charge in [0.1, 0.15) is 17.1 Å². The number of fused-ring (bicyclic) bond motifs is 3. The third kappa shape index (κ3) is 4.80. The van der Waals surface area contributed by atoms with Crippen molar-refractivity contribution < 1.29 is 14.6 Å². The van der Waals surface area contributed by atoms with Gasteiger partial charge >= 0.3 is 0 Å². The Labute approximate surface area is 197 Å². The number of carbonyl (C=O) groups excluding carboxylic acids is 1. The lowest BCUT2D eigenvalue weighted by Crippen LogP contribution is -2.45. The number of phenolic OH excluding ortho intramolecular Hbond substituents is 1. The molecule has 2 heterocycles. The van der Waals surface area contributed by atoms with Gasteiger partial charge in [0, 0.05) is 42.9 Å². The van der Waals surface area contributed by atoms with Gasteiger partial charge in [-0.2, -0.15) is 0 Å². The number of aryl methyl sites for hydroxylation is 1. The average molecular weight is 452 g/mol. The van der Waals surface area contributed by atoms with Crippen LogP contribution in [0.2, 0.25) is 0 Å². The highest BCUT2D eigenvalue weighted by molar-refractivity contribution is 5.99. The number of hydrogen-bond donors (Lipinski definition) is 2. The molecule has 0 saturated carbocycles. The number of carbonyl (C=O) groups is 1. The van der Waals surface area contributed by atoms with Crippen molar-refractivity contribution in [2.24, 2.45) is 5.92 Å². The summed E-state index contributed by atoms with van der Waals surface area (Å²) >= 11 is 0. The first-order valence-corrected chi connectivity index (χ1v) is 12.3. The van der Waals surface area contributed by atoms with E-state index in [1.54, 1.807) is 12.5 Å². The zero-order chi connectivity index (χ0) is 23.6. The summed E-state index contributed by atoms with van der Waals surface area (Å²) in [5.74, 6) is 0.920. The lowest BCUT2D eigenvalue weighted by atomic mass is 9.67. The maximum Gasteiger partial charge on any atom is 0.255 e. The minimum Gasteiger partial charge on any atom is -0.507 e. The molecule has 178 valence electrons. The Balaban J connectivity index is 1.70. The fraction of sp³-hybridized carbons (Fsp3) is 0.556. The second-order valence-corrected chi connectivity index (χ2v) is 10.1. The largest absolute Gasteiger partial charge is 0.507 e. The molecule has 2 aliphatic rings. The van der Waals surface area contributed by atoms with Crippen LogP contribution in [0.5, 0.6) is 11.5 Å². The summed E-state index contributed by atoms with van der Waals surface area (Å²) in [4.78, 5) is 17.4. The summed E-state index contributed by atoms with van der Waals surface area (Å²) in [6, 6.07) is 2.02. The molecule has 1 aliphatic carbocycles. The van der Waals surface area contributed by atoms with E-state index in [9.17, 15) is 9.90 Å². The zero-order valence-corrected chi connectivity index (χ0v) is 20.4. The van der Waals surface area contributed by atoms with Gasteiger partial charge in [-0.15, -0.1) is 0 Å². The Morgan fingerprint density at radius 1 is 1.36 bits per heavy atom. The van der Waals surface area contributed by atoms with Crippen LogP contribution in [-0.2, 0) is 13.0 Å². The predicted molar refractivity (Wildman–Crippen MR) is 130 cm³/mol. The molecule has 0 bridgehead atoms. The van der Waals surface area contributed by atoms with E-state index in [1.807, 2.05) is 16.8 Å². The first-order valence-electron chi connectivity index (χ1n) is 12.3. The molecule has 1 aromatic carbocycles. The van der Waals surface area contributed by atoms with Gasteiger partial charge in [0.15, 0.2) is 0 Å². The van der Waals surface area contributed by atoms with E-state index in [4.69, 9.17) is 4.74 Å². The number of nitrogens with one attached hydrogen (secondary N) is 1. The molecule has 2 aromatic rings. The molecular weight excluding hydrogens is 414 g/mol. The molecule has 0 radical (unpaired) electrons. The smallest absolute Gasteiger partial charge is 0.255 e. The average Bonchev–Trinajstić information content (AvgIpc) is 3.26. The van der Waals surface area contributed by atoms with Gasteiger partial charge in [-0.25, -0.2) is 4.98 Å². The van der Waals surface area contributed by atoms with Gasteiger partial charge in [0.25, 0.3) is 5.91 Å². The molecule has 1 aromatic heterocycles. The molecule has 2 atom stereocenters. The first kappa shape index (κ1) is 23.4. The molecule has 0 saturated heterocycles. The standard InChI is InChI=1S/C27H37N3O3/c1-5-6-7-8-19-16-22-24(20-15-18(2)9-10-21(20)27(3,4)33-22)25(31)23(19)26(32)29-12-14-30-13-11-28-17-30/h11,13,15-17,20-21,31H,5-10,12,14H2,1-4H3,(H,29,32)/t20-,21-/m1/s1. The number of aromatic hydroxyl groups is 1. The van der Waals surface area contributed by atoms with Crippen molar-refractivity contribution in [2.75, 3.05) is 6.54 Å². The van der Waals surface area contributed by atoms with Gasteiger partial charge in [0.05, 0.1) is 11.9 Å². The predicted octanol–water partition coefficient (Wildman–Crippen LogP) is 5.36. The molecule has 0 unspecified atom stereocenters. The third-order valence-electron chi connectivity index (χ3n) is 7.22. The van der Waals surface area contributed by atoms with Crippen molar-refractivity contribution in [2.45, 2.75) is 84.3 Å². The highest BCUT2D eigenvalue weighted by Gasteiger charge is 2.46. The van der Waals surface area contributed by atoms with Crippen LogP contribution < -0.4 is 10.1 Å². The normalized spacial score (nSPS) is 20.9. The number of benzene rings is 1. The number of phenols is 1. The van der Waals surface area contributed by atoms with E-state index in [0.29, 0.717) is 18.7 Å². The van der Waals surface area contributed by atoms with Crippen LogP contribution in [0.1, 0.15) is 87.2 Å². The van der Waals surface area contributed by atoms with Crippen LogP contribution >= 0.6 is 0 Å². The van der Waals surface area contributed by atoms with Gasteiger partial charge < -0.3 is 19.7 Å². The monoisotopic (exact) mass is 451 g/mol. The minimum absolute atomic E-state index is 0.0553. The number of hydrogen-bond acceptors (Lipinski definition) is 4. The number of nitrogens with zero attached hydrogens (tertiary/aromatic N) is 2. The molecule has 4 rings (SSSR count). The SMILES string of the molecule is CCCCCc1cc2c(c(O)c1C(=O)NCCn1ccnc1)[C@@H]1C=C(C)CC[C@H]1C(C)(C)O2. The number of rotatable bonds is 8. The Kier molecular flexibility index (Phi) is 6.82. The fourth-order valence-corrected chi connectivity index (χ4v) is 5.43. The molecule has 2 N–H and O–H groups in total. The minimum atomic E-state index is -0.323. The topological polar surface area (TPSA) is 76.4 Å². The summed E-state index contributed by atoms with van der Waals surface area (Å²) < 4.78 is 8.41. The molecule has 1 aliphatic heterocycles. The van der Waals surface area contributed by atoms with Crippen molar-refractivity contribution in [3.8, 4) is 11.5 Å². The van der Waals surface area contributed by atoms with Gasteiger partial charge in [-0.05, 0) is 58.1 Å². The second-order valence-electron chi connectivity index (χ2n) is 10.1. The summed E-state index contributed by atoms with van der Waals surface area (Å²) in [6.45, 7) is 9.70. The summed E-state index contributed by atoms with van der Waals surface area (Å²) in [6.07, 6.45) is 13.5. The van der Waals surface area contributed by atoms with Crippen LogP contribution in [0.15, 0.2) is 36.4 Å². The Morgan fingerprint density at radius 2 is 2.18 bits per heavy atom. The van der Waals surface area contributed by atoms with Crippen LogP contribution in [0, 0.1) is 5.92 Å². The van der Waals surface area contributed by atoms with Crippen molar-refractivity contribution in [3.63, 3.8) is 0 Å². The second kappa shape index (κ2) is 9.62. The lowest BCUT2D eigenvalue weighted by Gasteiger charge is -2.46. The van der Waals surface area contributed by atoms with Gasteiger partial charge in [0.2, 0.25) is 0 Å². The summed E-state index contributed by atoms with van der Waals surface area (Å²) in [7, 11) is 0. The van der Waals surface area contributed by atoms with E-state index in [1.165, 1.54) is 5.57 Å². The van der Waals surface area contributed by atoms with Gasteiger partial charge in [-0.1, -0.05) is 31.4 Å².